The zero-order valence-electron chi connectivity index (χ0n) is 10.1. The van der Waals surface area contributed by atoms with Crippen molar-refractivity contribution in [2.75, 3.05) is 11.9 Å². The molecule has 0 saturated carbocycles. The standard InChI is InChI=1S/C12H15N3O2/c1-8-4-5-11(13-7-8)15(3)12(16)10-6-9(2)17-14-10/h4-7,9,14H,1-3H3. The van der Waals surface area contributed by atoms with Crippen molar-refractivity contribution in [3.63, 3.8) is 0 Å². The third-order valence-electron chi connectivity index (χ3n) is 2.53. The van der Waals surface area contributed by atoms with Crippen LogP contribution >= 0.6 is 0 Å². The molecule has 0 saturated heterocycles. The van der Waals surface area contributed by atoms with E-state index in [1.807, 2.05) is 26.0 Å². The maximum atomic E-state index is 12.1. The van der Waals surface area contributed by atoms with Crippen LogP contribution < -0.4 is 10.4 Å². The van der Waals surface area contributed by atoms with Crippen molar-refractivity contribution in [3.8, 4) is 0 Å². The van der Waals surface area contributed by atoms with Gasteiger partial charge in [-0.1, -0.05) is 6.07 Å². The van der Waals surface area contributed by atoms with E-state index in [0.717, 1.165) is 5.56 Å². The van der Waals surface area contributed by atoms with Crippen molar-refractivity contribution in [3.05, 3.63) is 35.7 Å². The first kappa shape index (κ1) is 11.6. The van der Waals surface area contributed by atoms with Crippen molar-refractivity contribution in [1.29, 1.82) is 0 Å². The Kier molecular flexibility index (Phi) is 3.10. The molecule has 0 aromatic carbocycles. The largest absolute Gasteiger partial charge is 0.295 e. The summed E-state index contributed by atoms with van der Waals surface area (Å²) in [5.74, 6) is 0.452. The molecular formula is C12H15N3O2. The Balaban J connectivity index is 2.15. The maximum Gasteiger partial charge on any atom is 0.277 e. The van der Waals surface area contributed by atoms with E-state index >= 15 is 0 Å². The second kappa shape index (κ2) is 4.55. The van der Waals surface area contributed by atoms with Crippen LogP contribution in [0.2, 0.25) is 0 Å². The SMILES string of the molecule is Cc1ccc(N(C)C(=O)C2=CC(C)ON2)nc1. The van der Waals surface area contributed by atoms with Crippen LogP contribution in [0.5, 0.6) is 0 Å². The van der Waals surface area contributed by atoms with Gasteiger partial charge in [-0.25, -0.2) is 4.98 Å². The molecule has 1 N–H and O–H groups in total. The molecule has 5 heteroatoms. The lowest BCUT2D eigenvalue weighted by molar-refractivity contribution is -0.116. The molecule has 2 heterocycles. The van der Waals surface area contributed by atoms with E-state index in [1.165, 1.54) is 4.90 Å². The number of likely N-dealkylation sites (N-methyl/N-ethyl adjacent to an activating group) is 1. The lowest BCUT2D eigenvalue weighted by Crippen LogP contribution is -2.32. The molecule has 0 fully saturated rings. The Bertz CT molecular complexity index is 453. The monoisotopic (exact) mass is 233 g/mol. The van der Waals surface area contributed by atoms with Crippen LogP contribution in [0.25, 0.3) is 0 Å². The van der Waals surface area contributed by atoms with Crippen molar-refractivity contribution in [2.24, 2.45) is 0 Å². The summed E-state index contributed by atoms with van der Waals surface area (Å²) in [7, 11) is 1.69. The molecule has 1 aromatic heterocycles. The minimum atomic E-state index is -0.161. The molecule has 1 amide bonds. The predicted octanol–water partition coefficient (Wildman–Crippen LogP) is 1.16. The van der Waals surface area contributed by atoms with Crippen LogP contribution in [0.1, 0.15) is 12.5 Å². The number of nitrogens with one attached hydrogen (secondary N) is 1. The van der Waals surface area contributed by atoms with Gasteiger partial charge in [-0.2, -0.15) is 0 Å². The number of hydrogen-bond donors (Lipinski definition) is 1. The molecule has 5 nitrogen and oxygen atoms in total. The number of aromatic nitrogens is 1. The van der Waals surface area contributed by atoms with Gasteiger partial charge in [0.25, 0.3) is 5.91 Å². The number of amides is 1. The molecule has 17 heavy (non-hydrogen) atoms. The van der Waals surface area contributed by atoms with Crippen LogP contribution in [0.4, 0.5) is 5.82 Å². The average molecular weight is 233 g/mol. The summed E-state index contributed by atoms with van der Waals surface area (Å²) < 4.78 is 0. The number of carbonyl (C=O) groups excluding carboxylic acids is 1. The van der Waals surface area contributed by atoms with Crippen molar-refractivity contribution in [2.45, 2.75) is 20.0 Å². The van der Waals surface area contributed by atoms with Crippen LogP contribution in [-0.4, -0.2) is 24.0 Å². The zero-order chi connectivity index (χ0) is 12.4. The molecule has 1 aliphatic heterocycles. The third-order valence-corrected chi connectivity index (χ3v) is 2.53. The summed E-state index contributed by atoms with van der Waals surface area (Å²) in [5.41, 5.74) is 4.12. The normalized spacial score (nSPS) is 18.5. The van der Waals surface area contributed by atoms with E-state index in [4.69, 9.17) is 4.84 Å². The van der Waals surface area contributed by atoms with E-state index in [0.29, 0.717) is 11.5 Å². The predicted molar refractivity (Wildman–Crippen MR) is 64.1 cm³/mol. The highest BCUT2D eigenvalue weighted by atomic mass is 16.7. The van der Waals surface area contributed by atoms with Gasteiger partial charge in [-0.05, 0) is 31.6 Å². The number of carbonyl (C=O) groups is 1. The number of nitrogens with zero attached hydrogens (tertiary/aromatic N) is 2. The van der Waals surface area contributed by atoms with Crippen LogP contribution in [0, 0.1) is 6.92 Å². The number of hydroxylamine groups is 1. The fourth-order valence-electron chi connectivity index (χ4n) is 1.52. The first-order valence-electron chi connectivity index (χ1n) is 5.42. The van der Waals surface area contributed by atoms with E-state index < -0.39 is 0 Å². The van der Waals surface area contributed by atoms with Gasteiger partial charge in [0.1, 0.15) is 17.6 Å². The molecule has 1 atom stereocenters. The summed E-state index contributed by atoms with van der Waals surface area (Å²) in [6, 6.07) is 3.73. The van der Waals surface area contributed by atoms with Gasteiger partial charge in [0, 0.05) is 13.2 Å². The molecule has 0 aliphatic carbocycles. The Hall–Kier alpha value is -1.88. The molecule has 0 bridgehead atoms. The first-order chi connectivity index (χ1) is 8.08. The second-order valence-electron chi connectivity index (χ2n) is 4.06. The molecule has 90 valence electrons. The average Bonchev–Trinajstić information content (AvgIpc) is 2.75. The molecule has 2 rings (SSSR count). The zero-order valence-corrected chi connectivity index (χ0v) is 10.1. The summed E-state index contributed by atoms with van der Waals surface area (Å²) in [5, 5.41) is 0. The van der Waals surface area contributed by atoms with Crippen LogP contribution in [0.15, 0.2) is 30.1 Å². The van der Waals surface area contributed by atoms with E-state index in [9.17, 15) is 4.79 Å². The van der Waals surface area contributed by atoms with E-state index in [2.05, 4.69) is 10.5 Å². The van der Waals surface area contributed by atoms with Gasteiger partial charge in [0.2, 0.25) is 0 Å². The van der Waals surface area contributed by atoms with Gasteiger partial charge in [-0.15, -0.1) is 0 Å². The molecule has 0 radical (unpaired) electrons. The molecule has 1 aromatic rings. The van der Waals surface area contributed by atoms with Crippen molar-refractivity contribution in [1.82, 2.24) is 10.5 Å². The first-order valence-corrected chi connectivity index (χ1v) is 5.42. The third kappa shape index (κ3) is 2.45. The van der Waals surface area contributed by atoms with Gasteiger partial charge < -0.3 is 0 Å². The Morgan fingerprint density at radius 1 is 1.53 bits per heavy atom. The highest BCUT2D eigenvalue weighted by Gasteiger charge is 2.22. The number of aryl methyl sites for hydroxylation is 1. The summed E-state index contributed by atoms with van der Waals surface area (Å²) in [6.07, 6.45) is 3.38. The Morgan fingerprint density at radius 3 is 2.82 bits per heavy atom. The minimum absolute atomic E-state index is 0.0895. The van der Waals surface area contributed by atoms with Crippen LogP contribution in [-0.2, 0) is 9.63 Å². The smallest absolute Gasteiger partial charge is 0.277 e. The van der Waals surface area contributed by atoms with Crippen molar-refractivity contribution < 1.29 is 9.63 Å². The van der Waals surface area contributed by atoms with E-state index in [1.54, 1.807) is 19.3 Å². The number of pyridine rings is 1. The van der Waals surface area contributed by atoms with Crippen molar-refractivity contribution >= 4 is 11.7 Å². The molecule has 1 aliphatic rings. The van der Waals surface area contributed by atoms with Gasteiger partial charge >= 0.3 is 0 Å². The number of hydrogen-bond acceptors (Lipinski definition) is 4. The van der Waals surface area contributed by atoms with Crippen LogP contribution in [0.3, 0.4) is 0 Å². The summed E-state index contributed by atoms with van der Waals surface area (Å²) in [4.78, 5) is 22.8. The highest BCUT2D eigenvalue weighted by Crippen LogP contribution is 2.14. The Morgan fingerprint density at radius 2 is 2.29 bits per heavy atom. The number of anilines is 1. The summed E-state index contributed by atoms with van der Waals surface area (Å²) >= 11 is 0. The summed E-state index contributed by atoms with van der Waals surface area (Å²) in [6.45, 7) is 3.81. The van der Waals surface area contributed by atoms with Gasteiger partial charge in [-0.3, -0.25) is 20.0 Å². The lowest BCUT2D eigenvalue weighted by atomic mass is 10.3. The van der Waals surface area contributed by atoms with Gasteiger partial charge in [0.15, 0.2) is 0 Å². The van der Waals surface area contributed by atoms with E-state index in [-0.39, 0.29) is 12.0 Å². The minimum Gasteiger partial charge on any atom is -0.295 e. The highest BCUT2D eigenvalue weighted by molar-refractivity contribution is 6.04. The molecular weight excluding hydrogens is 218 g/mol. The number of rotatable bonds is 2. The fourth-order valence-corrected chi connectivity index (χ4v) is 1.52. The fraction of sp³-hybridized carbons (Fsp3) is 0.333. The quantitative estimate of drug-likeness (QED) is 0.832. The topological polar surface area (TPSA) is 54.5 Å². The second-order valence-corrected chi connectivity index (χ2v) is 4.06. The molecule has 0 spiro atoms. The molecule has 1 unspecified atom stereocenters. The lowest BCUT2D eigenvalue weighted by Gasteiger charge is -2.16. The van der Waals surface area contributed by atoms with Gasteiger partial charge in [0.05, 0.1) is 0 Å². The maximum absolute atomic E-state index is 12.1. The Labute approximate surface area is 100 Å².